The van der Waals surface area contributed by atoms with Crippen LogP contribution in [0.5, 0.6) is 5.75 Å². The van der Waals surface area contributed by atoms with E-state index in [1.54, 1.807) is 25.1 Å². The van der Waals surface area contributed by atoms with E-state index < -0.39 is 28.5 Å². The molecule has 0 spiro atoms. The fourth-order valence-electron chi connectivity index (χ4n) is 3.61. The van der Waals surface area contributed by atoms with E-state index in [1.807, 2.05) is 51.1 Å². The Hall–Kier alpha value is -3.07. The van der Waals surface area contributed by atoms with E-state index in [9.17, 15) is 18.0 Å². The van der Waals surface area contributed by atoms with Gasteiger partial charge >= 0.3 is 0 Å². The van der Waals surface area contributed by atoms with Crippen LogP contribution < -0.4 is 14.4 Å². The van der Waals surface area contributed by atoms with Gasteiger partial charge in [0, 0.05) is 13.1 Å². The Labute approximate surface area is 209 Å². The highest BCUT2D eigenvalue weighted by molar-refractivity contribution is 7.92. The summed E-state index contributed by atoms with van der Waals surface area (Å²) >= 11 is 0. The molecule has 2 aromatic rings. The molecular formula is C26H37N3O5S. The smallest absolute Gasteiger partial charge is 0.244 e. The summed E-state index contributed by atoms with van der Waals surface area (Å²) in [5, 5.41) is 2.87. The lowest BCUT2D eigenvalue weighted by molar-refractivity contribution is -0.138. The molecule has 0 bridgehead atoms. The summed E-state index contributed by atoms with van der Waals surface area (Å²) in [6, 6.07) is 14.0. The first-order chi connectivity index (χ1) is 16.4. The van der Waals surface area contributed by atoms with Gasteiger partial charge < -0.3 is 15.0 Å². The van der Waals surface area contributed by atoms with E-state index >= 15 is 0 Å². The van der Waals surface area contributed by atoms with Crippen LogP contribution in [0.15, 0.2) is 48.5 Å². The number of carbonyl (C=O) groups is 2. The highest BCUT2D eigenvalue weighted by Crippen LogP contribution is 2.31. The Morgan fingerprint density at radius 1 is 1.06 bits per heavy atom. The molecule has 2 rings (SSSR count). The molecule has 0 saturated carbocycles. The number of rotatable bonds is 12. The molecular weight excluding hydrogens is 466 g/mol. The van der Waals surface area contributed by atoms with E-state index in [4.69, 9.17) is 4.74 Å². The monoisotopic (exact) mass is 503 g/mol. The van der Waals surface area contributed by atoms with Crippen LogP contribution in [-0.2, 0) is 26.0 Å². The molecule has 2 aromatic carbocycles. The van der Waals surface area contributed by atoms with E-state index in [0.717, 1.165) is 21.7 Å². The van der Waals surface area contributed by atoms with Gasteiger partial charge in [-0.1, -0.05) is 50.2 Å². The topological polar surface area (TPSA) is 96.0 Å². The molecule has 0 heterocycles. The fraction of sp³-hybridized carbons (Fsp3) is 0.462. The molecule has 1 N–H and O–H groups in total. The summed E-state index contributed by atoms with van der Waals surface area (Å²) in [5.41, 5.74) is 2.12. The number of anilines is 1. The lowest BCUT2D eigenvalue weighted by Gasteiger charge is -2.32. The molecule has 0 saturated heterocycles. The molecule has 8 nitrogen and oxygen atoms in total. The fourth-order valence-corrected chi connectivity index (χ4v) is 4.46. The Morgan fingerprint density at radius 3 is 2.29 bits per heavy atom. The summed E-state index contributed by atoms with van der Waals surface area (Å²) in [4.78, 5) is 27.9. The summed E-state index contributed by atoms with van der Waals surface area (Å²) < 4.78 is 31.9. The summed E-state index contributed by atoms with van der Waals surface area (Å²) in [6.07, 6.45) is 1.58. The lowest BCUT2D eigenvalue weighted by atomic mass is 10.1. The Morgan fingerprint density at radius 2 is 1.71 bits per heavy atom. The summed E-state index contributed by atoms with van der Waals surface area (Å²) in [7, 11) is -2.38. The maximum absolute atomic E-state index is 13.6. The third-order valence-electron chi connectivity index (χ3n) is 5.62. The van der Waals surface area contributed by atoms with Crippen molar-refractivity contribution in [3.63, 3.8) is 0 Å². The highest BCUT2D eigenvalue weighted by Gasteiger charge is 2.31. The predicted octanol–water partition coefficient (Wildman–Crippen LogP) is 3.00. The molecule has 0 aliphatic rings. The third kappa shape index (κ3) is 8.28. The van der Waals surface area contributed by atoms with Crippen LogP contribution in [0.2, 0.25) is 0 Å². The molecule has 0 radical (unpaired) electrons. The Kier molecular flexibility index (Phi) is 10.1. The maximum Gasteiger partial charge on any atom is 0.244 e. The van der Waals surface area contributed by atoms with Crippen LogP contribution >= 0.6 is 0 Å². The van der Waals surface area contributed by atoms with Crippen molar-refractivity contribution in [3.8, 4) is 5.75 Å². The van der Waals surface area contributed by atoms with Gasteiger partial charge in [-0.2, -0.15) is 0 Å². The van der Waals surface area contributed by atoms with Crippen LogP contribution in [-0.4, -0.2) is 64.2 Å². The SMILES string of the molecule is COc1ccc(C)cc1N(CC(=O)N(CCc1ccccc1)C(C)C(=O)NCC(C)C)S(C)(=O)=O. The molecule has 35 heavy (non-hydrogen) atoms. The number of nitrogens with one attached hydrogen (secondary N) is 1. The average Bonchev–Trinajstić information content (AvgIpc) is 2.80. The molecule has 2 amide bonds. The Balaban J connectivity index is 2.36. The molecule has 0 aliphatic heterocycles. The van der Waals surface area contributed by atoms with Crippen molar-refractivity contribution in [1.29, 1.82) is 0 Å². The molecule has 192 valence electrons. The lowest BCUT2D eigenvalue weighted by Crippen LogP contribution is -2.52. The largest absolute Gasteiger partial charge is 0.495 e. The zero-order valence-electron chi connectivity index (χ0n) is 21.4. The van der Waals surface area contributed by atoms with Crippen molar-refractivity contribution in [2.24, 2.45) is 5.92 Å². The van der Waals surface area contributed by atoms with Crippen LogP contribution in [0.1, 0.15) is 31.9 Å². The van der Waals surface area contributed by atoms with Gasteiger partial charge in [-0.05, 0) is 49.4 Å². The number of benzene rings is 2. The number of sulfonamides is 1. The molecule has 9 heteroatoms. The normalized spacial score (nSPS) is 12.2. The van der Waals surface area contributed by atoms with Gasteiger partial charge in [0.15, 0.2) is 0 Å². The number of aryl methyl sites for hydroxylation is 1. The first-order valence-corrected chi connectivity index (χ1v) is 13.5. The van der Waals surface area contributed by atoms with Gasteiger partial charge in [-0.25, -0.2) is 8.42 Å². The second kappa shape index (κ2) is 12.6. The predicted molar refractivity (Wildman–Crippen MR) is 139 cm³/mol. The number of hydrogen-bond donors (Lipinski definition) is 1. The van der Waals surface area contributed by atoms with Gasteiger partial charge in [-0.15, -0.1) is 0 Å². The van der Waals surface area contributed by atoms with Crippen molar-refractivity contribution >= 4 is 27.5 Å². The summed E-state index contributed by atoms with van der Waals surface area (Å²) in [6.45, 7) is 7.77. The van der Waals surface area contributed by atoms with Crippen molar-refractivity contribution in [3.05, 3.63) is 59.7 Å². The van der Waals surface area contributed by atoms with E-state index in [1.165, 1.54) is 12.0 Å². The van der Waals surface area contributed by atoms with Gasteiger partial charge in [-0.3, -0.25) is 13.9 Å². The molecule has 0 fully saturated rings. The number of nitrogens with zero attached hydrogens (tertiary/aromatic N) is 2. The standard InChI is InChI=1S/C26H37N3O5S/c1-19(2)17-27-26(31)21(4)28(15-14-22-10-8-7-9-11-22)25(30)18-29(35(6,32)33)23-16-20(3)12-13-24(23)34-5/h7-13,16,19,21H,14-15,17-18H2,1-6H3,(H,27,31). The number of ether oxygens (including phenoxy) is 1. The molecule has 1 atom stereocenters. The van der Waals surface area contributed by atoms with Crippen LogP contribution in [0, 0.1) is 12.8 Å². The zero-order chi connectivity index (χ0) is 26.2. The van der Waals surface area contributed by atoms with Crippen molar-refractivity contribution in [2.75, 3.05) is 37.3 Å². The first kappa shape index (κ1) is 28.2. The maximum atomic E-state index is 13.6. The summed E-state index contributed by atoms with van der Waals surface area (Å²) in [5.74, 6) is -0.150. The van der Waals surface area contributed by atoms with E-state index in [-0.39, 0.29) is 24.1 Å². The number of amides is 2. The van der Waals surface area contributed by atoms with E-state index in [2.05, 4.69) is 5.32 Å². The molecule has 1 unspecified atom stereocenters. The number of hydrogen-bond acceptors (Lipinski definition) is 5. The molecule has 0 aliphatic carbocycles. The van der Waals surface area contributed by atoms with Gasteiger partial charge in [0.1, 0.15) is 18.3 Å². The molecule has 0 aromatic heterocycles. The van der Waals surface area contributed by atoms with E-state index in [0.29, 0.717) is 18.7 Å². The minimum Gasteiger partial charge on any atom is -0.495 e. The second-order valence-electron chi connectivity index (χ2n) is 9.08. The van der Waals surface area contributed by atoms with Crippen LogP contribution in [0.25, 0.3) is 0 Å². The number of carbonyl (C=O) groups excluding carboxylic acids is 2. The minimum atomic E-state index is -3.83. The van der Waals surface area contributed by atoms with Crippen molar-refractivity contribution in [2.45, 2.75) is 40.2 Å². The zero-order valence-corrected chi connectivity index (χ0v) is 22.3. The Bertz CT molecular complexity index is 1100. The van der Waals surface area contributed by atoms with Gasteiger partial charge in [0.25, 0.3) is 0 Å². The van der Waals surface area contributed by atoms with Crippen LogP contribution in [0.4, 0.5) is 5.69 Å². The quantitative estimate of drug-likeness (QED) is 0.480. The second-order valence-corrected chi connectivity index (χ2v) is 11.0. The minimum absolute atomic E-state index is 0.258. The number of methoxy groups -OCH3 is 1. The van der Waals surface area contributed by atoms with Gasteiger partial charge in [0.2, 0.25) is 21.8 Å². The average molecular weight is 504 g/mol. The van der Waals surface area contributed by atoms with Crippen LogP contribution in [0.3, 0.4) is 0 Å². The van der Waals surface area contributed by atoms with Crippen molar-refractivity contribution in [1.82, 2.24) is 10.2 Å². The highest BCUT2D eigenvalue weighted by atomic mass is 32.2. The van der Waals surface area contributed by atoms with Crippen molar-refractivity contribution < 1.29 is 22.7 Å². The van der Waals surface area contributed by atoms with Gasteiger partial charge in [0.05, 0.1) is 19.1 Å². The first-order valence-electron chi connectivity index (χ1n) is 11.7. The third-order valence-corrected chi connectivity index (χ3v) is 6.74.